The molecule has 0 bridgehead atoms. The average Bonchev–Trinajstić information content (AvgIpc) is 1.83. The standard InChI is InChI=1S/C7H7NO/c1-5-3-2-4-6(9)7(5)8/h2-4,8H,1H3. The number of carbonyl (C=O) groups excluding carboxylic acids is 1. The number of hydrogen-bond donors (Lipinski definition) is 1. The van der Waals surface area contributed by atoms with E-state index in [4.69, 9.17) is 5.41 Å². The van der Waals surface area contributed by atoms with Crippen molar-refractivity contribution in [3.63, 3.8) is 0 Å². The van der Waals surface area contributed by atoms with Crippen molar-refractivity contribution in [2.45, 2.75) is 6.92 Å². The Kier molecular flexibility index (Phi) is 1.30. The quantitative estimate of drug-likeness (QED) is 0.479. The van der Waals surface area contributed by atoms with Crippen LogP contribution >= 0.6 is 0 Å². The summed E-state index contributed by atoms with van der Waals surface area (Å²) in [6.07, 6.45) is 4.81. The largest absolute Gasteiger partial charge is 0.297 e. The first kappa shape index (κ1) is 5.95. The van der Waals surface area contributed by atoms with Gasteiger partial charge in [0.1, 0.15) is 5.71 Å². The van der Waals surface area contributed by atoms with Crippen LogP contribution in [0, 0.1) is 5.41 Å². The molecule has 0 aromatic heterocycles. The number of allylic oxidation sites excluding steroid dienone is 4. The molecule has 9 heavy (non-hydrogen) atoms. The number of carbonyl (C=O) groups is 1. The summed E-state index contributed by atoms with van der Waals surface area (Å²) in [4.78, 5) is 10.7. The zero-order valence-corrected chi connectivity index (χ0v) is 5.14. The second kappa shape index (κ2) is 1.97. The monoisotopic (exact) mass is 121 g/mol. The Balaban J connectivity index is 3.00. The van der Waals surface area contributed by atoms with Gasteiger partial charge in [-0.25, -0.2) is 0 Å². The van der Waals surface area contributed by atoms with Crippen molar-refractivity contribution in [2.75, 3.05) is 0 Å². The molecule has 0 saturated heterocycles. The summed E-state index contributed by atoms with van der Waals surface area (Å²) in [6.45, 7) is 1.75. The highest BCUT2D eigenvalue weighted by molar-refractivity contribution is 6.49. The maximum Gasteiger partial charge on any atom is 0.203 e. The predicted molar refractivity (Wildman–Crippen MR) is 35.6 cm³/mol. The van der Waals surface area contributed by atoms with Gasteiger partial charge >= 0.3 is 0 Å². The first-order chi connectivity index (χ1) is 4.22. The van der Waals surface area contributed by atoms with E-state index in [1.54, 1.807) is 19.1 Å². The summed E-state index contributed by atoms with van der Waals surface area (Å²) in [5.74, 6) is -0.199. The van der Waals surface area contributed by atoms with Crippen LogP contribution in [0.2, 0.25) is 0 Å². The van der Waals surface area contributed by atoms with E-state index in [9.17, 15) is 4.79 Å². The molecule has 0 aromatic rings. The Hall–Kier alpha value is -1.18. The first-order valence-electron chi connectivity index (χ1n) is 2.70. The second-order valence-electron chi connectivity index (χ2n) is 1.95. The minimum Gasteiger partial charge on any atom is -0.297 e. The second-order valence-corrected chi connectivity index (χ2v) is 1.95. The lowest BCUT2D eigenvalue weighted by molar-refractivity contribution is -0.108. The maximum absolute atomic E-state index is 10.7. The fraction of sp³-hybridized carbons (Fsp3) is 0.143. The summed E-state index contributed by atoms with van der Waals surface area (Å²) in [5.41, 5.74) is 0.847. The summed E-state index contributed by atoms with van der Waals surface area (Å²) >= 11 is 0. The van der Waals surface area contributed by atoms with Crippen LogP contribution < -0.4 is 0 Å². The van der Waals surface area contributed by atoms with Crippen LogP contribution in [-0.4, -0.2) is 11.5 Å². The summed E-state index contributed by atoms with van der Waals surface area (Å²) < 4.78 is 0. The number of hydrogen-bond acceptors (Lipinski definition) is 2. The fourth-order valence-corrected chi connectivity index (χ4v) is 0.641. The molecule has 46 valence electrons. The molecule has 0 saturated carbocycles. The van der Waals surface area contributed by atoms with Gasteiger partial charge in [-0.2, -0.15) is 0 Å². The third-order valence-electron chi connectivity index (χ3n) is 1.23. The average molecular weight is 121 g/mol. The van der Waals surface area contributed by atoms with Crippen LogP contribution in [0.3, 0.4) is 0 Å². The third kappa shape index (κ3) is 0.964. The van der Waals surface area contributed by atoms with Crippen LogP contribution in [0.5, 0.6) is 0 Å². The Bertz CT molecular complexity index is 223. The van der Waals surface area contributed by atoms with Crippen LogP contribution in [0.1, 0.15) is 6.92 Å². The highest BCUT2D eigenvalue weighted by Gasteiger charge is 2.09. The summed E-state index contributed by atoms with van der Waals surface area (Å²) in [6, 6.07) is 0. The Morgan fingerprint density at radius 1 is 1.56 bits per heavy atom. The lowest BCUT2D eigenvalue weighted by Gasteiger charge is -2.01. The molecule has 0 spiro atoms. The highest BCUT2D eigenvalue weighted by atomic mass is 16.1. The molecule has 0 aromatic carbocycles. The van der Waals surface area contributed by atoms with Gasteiger partial charge in [-0.15, -0.1) is 0 Å². The van der Waals surface area contributed by atoms with Crippen LogP contribution in [0.25, 0.3) is 0 Å². The van der Waals surface area contributed by atoms with E-state index in [1.807, 2.05) is 0 Å². The normalized spacial score (nSPS) is 18.1. The topological polar surface area (TPSA) is 40.9 Å². The molecule has 0 fully saturated rings. The molecule has 0 heterocycles. The van der Waals surface area contributed by atoms with E-state index in [0.717, 1.165) is 5.57 Å². The molecule has 1 rings (SSSR count). The van der Waals surface area contributed by atoms with Crippen molar-refractivity contribution < 1.29 is 4.79 Å². The highest BCUT2D eigenvalue weighted by Crippen LogP contribution is 2.02. The molecule has 0 unspecified atom stereocenters. The molecule has 1 N–H and O–H groups in total. The van der Waals surface area contributed by atoms with Gasteiger partial charge in [0.05, 0.1) is 0 Å². The van der Waals surface area contributed by atoms with E-state index in [1.165, 1.54) is 6.08 Å². The van der Waals surface area contributed by atoms with Crippen molar-refractivity contribution in [2.24, 2.45) is 0 Å². The number of rotatable bonds is 0. The molecule has 0 atom stereocenters. The van der Waals surface area contributed by atoms with Gasteiger partial charge in [-0.3, -0.25) is 10.2 Å². The molecule has 1 aliphatic rings. The molecule has 0 amide bonds. The predicted octanol–water partition coefficient (Wildman–Crippen LogP) is 1.09. The smallest absolute Gasteiger partial charge is 0.203 e. The van der Waals surface area contributed by atoms with Gasteiger partial charge in [-0.1, -0.05) is 12.2 Å². The SMILES string of the molecule is CC1=CC=CC(=O)C1=N. The van der Waals surface area contributed by atoms with Crippen LogP contribution in [0.15, 0.2) is 23.8 Å². The molecular formula is C7H7NO. The number of ketones is 1. The Morgan fingerprint density at radius 3 is 2.67 bits per heavy atom. The molecule has 0 aliphatic heterocycles. The van der Waals surface area contributed by atoms with Gasteiger partial charge in [0.25, 0.3) is 0 Å². The van der Waals surface area contributed by atoms with E-state index in [2.05, 4.69) is 0 Å². The molecule has 1 aliphatic carbocycles. The van der Waals surface area contributed by atoms with Gasteiger partial charge in [-0.05, 0) is 18.6 Å². The minimum atomic E-state index is -0.199. The van der Waals surface area contributed by atoms with Crippen molar-refractivity contribution in [3.8, 4) is 0 Å². The lowest BCUT2D eigenvalue weighted by Crippen LogP contribution is -2.13. The van der Waals surface area contributed by atoms with Gasteiger partial charge < -0.3 is 0 Å². The molecule has 0 radical (unpaired) electrons. The van der Waals surface area contributed by atoms with Crippen molar-refractivity contribution in [1.82, 2.24) is 0 Å². The van der Waals surface area contributed by atoms with Crippen LogP contribution in [0.4, 0.5) is 0 Å². The van der Waals surface area contributed by atoms with Crippen molar-refractivity contribution >= 4 is 11.5 Å². The van der Waals surface area contributed by atoms with Crippen LogP contribution in [-0.2, 0) is 4.79 Å². The van der Waals surface area contributed by atoms with Gasteiger partial charge in [0.2, 0.25) is 5.78 Å². The number of nitrogens with one attached hydrogen (secondary N) is 1. The maximum atomic E-state index is 10.7. The fourth-order valence-electron chi connectivity index (χ4n) is 0.641. The summed E-state index contributed by atoms with van der Waals surface area (Å²) in [5, 5.41) is 7.13. The molecule has 2 nitrogen and oxygen atoms in total. The van der Waals surface area contributed by atoms with Gasteiger partial charge in [0, 0.05) is 0 Å². The zero-order chi connectivity index (χ0) is 6.85. The summed E-state index contributed by atoms with van der Waals surface area (Å²) in [7, 11) is 0. The Labute approximate surface area is 53.4 Å². The van der Waals surface area contributed by atoms with Gasteiger partial charge in [0.15, 0.2) is 0 Å². The van der Waals surface area contributed by atoms with E-state index in [0.29, 0.717) is 0 Å². The first-order valence-corrected chi connectivity index (χ1v) is 2.70. The third-order valence-corrected chi connectivity index (χ3v) is 1.23. The minimum absolute atomic E-state index is 0.109. The van der Waals surface area contributed by atoms with E-state index in [-0.39, 0.29) is 11.5 Å². The lowest BCUT2D eigenvalue weighted by atomic mass is 10.0. The zero-order valence-electron chi connectivity index (χ0n) is 5.14. The molecule has 2 heteroatoms. The van der Waals surface area contributed by atoms with Crippen molar-refractivity contribution in [1.29, 1.82) is 5.41 Å². The van der Waals surface area contributed by atoms with E-state index >= 15 is 0 Å². The van der Waals surface area contributed by atoms with E-state index < -0.39 is 0 Å². The molecular weight excluding hydrogens is 114 g/mol. The van der Waals surface area contributed by atoms with Crippen molar-refractivity contribution in [3.05, 3.63) is 23.8 Å². The Morgan fingerprint density at radius 2 is 2.22 bits per heavy atom.